The normalized spacial score (nSPS) is 9.30. The summed E-state index contributed by atoms with van der Waals surface area (Å²) in [4.78, 5) is 0. The maximum absolute atomic E-state index is 12.5. The summed E-state index contributed by atoms with van der Waals surface area (Å²) in [6, 6.07) is 4.13. The molecule has 3 heteroatoms. The minimum atomic E-state index is -0.371. The molecule has 0 saturated carbocycles. The molecule has 0 N–H and O–H groups in total. The second kappa shape index (κ2) is 2.97. The van der Waals surface area contributed by atoms with Crippen LogP contribution in [0, 0.1) is 5.82 Å². The van der Waals surface area contributed by atoms with Gasteiger partial charge in [-0.3, -0.25) is 0 Å². The topological polar surface area (TPSA) is 0 Å². The molecule has 10 heavy (non-hydrogen) atoms. The molecule has 0 fully saturated rings. The summed E-state index contributed by atoms with van der Waals surface area (Å²) in [5.41, 5.74) is 0.588. The van der Waals surface area contributed by atoms with Crippen molar-refractivity contribution in [2.75, 3.05) is 0 Å². The quantitative estimate of drug-likeness (QED) is 0.540. The molecule has 0 aliphatic heterocycles. The Labute approximate surface area is 64.7 Å². The third-order valence-corrected chi connectivity index (χ3v) is 1.30. The van der Waals surface area contributed by atoms with Crippen LogP contribution in [-0.4, -0.2) is 13.5 Å². The summed E-state index contributed by atoms with van der Waals surface area (Å²) in [6.45, 7) is 0. The van der Waals surface area contributed by atoms with Gasteiger partial charge < -0.3 is 0 Å². The first kappa shape index (κ1) is 7.48. The van der Waals surface area contributed by atoms with Gasteiger partial charge in [-0.15, -0.1) is 0 Å². The van der Waals surface area contributed by atoms with Gasteiger partial charge in [-0.1, -0.05) is 0 Å². The van der Waals surface area contributed by atoms with Gasteiger partial charge in [-0.2, -0.15) is 0 Å². The van der Waals surface area contributed by atoms with Crippen molar-refractivity contribution in [2.24, 2.45) is 0 Å². The van der Waals surface area contributed by atoms with E-state index in [1.807, 2.05) is 0 Å². The van der Waals surface area contributed by atoms with Gasteiger partial charge in [-0.05, 0) is 0 Å². The van der Waals surface area contributed by atoms with Gasteiger partial charge in [0.15, 0.2) is 0 Å². The van der Waals surface area contributed by atoms with E-state index < -0.39 is 0 Å². The summed E-state index contributed by atoms with van der Waals surface area (Å²) in [7, 11) is 5.14. The zero-order valence-electron chi connectivity index (χ0n) is 5.14. The van der Waals surface area contributed by atoms with Crippen LogP contribution < -0.4 is 0 Å². The first-order valence-electron chi connectivity index (χ1n) is 2.73. The van der Waals surface area contributed by atoms with E-state index in [2.05, 4.69) is 0 Å². The molecule has 1 radical (unpaired) electrons. The predicted molar refractivity (Wildman–Crippen MR) is 42.3 cm³/mol. The Kier molecular flexibility index (Phi) is 2.23. The maximum atomic E-state index is 12.5. The van der Waals surface area contributed by atoms with Crippen LogP contribution in [0.5, 0.6) is 0 Å². The van der Waals surface area contributed by atoms with Crippen molar-refractivity contribution in [3.05, 3.63) is 34.6 Å². The summed E-state index contributed by atoms with van der Waals surface area (Å²) >= 11 is 5.51. The molecule has 0 amide bonds. The second-order valence-electron chi connectivity index (χ2n) is 1.87. The molecule has 1 aromatic rings. The standard InChI is InChI=1S/C7H4BClF/c8-4-5-1-6(9)3-7(10)2-5/h1-4H. The second-order valence-corrected chi connectivity index (χ2v) is 2.31. The van der Waals surface area contributed by atoms with Gasteiger partial charge in [0.1, 0.15) is 0 Å². The van der Waals surface area contributed by atoms with Crippen molar-refractivity contribution in [3.63, 3.8) is 0 Å². The summed E-state index contributed by atoms with van der Waals surface area (Å²) in [5.74, 6) is 0.929. The molecule has 0 atom stereocenters. The molecule has 0 unspecified atom stereocenters. The molecule has 0 aromatic heterocycles. The van der Waals surface area contributed by atoms with Crippen molar-refractivity contribution >= 4 is 25.1 Å². The van der Waals surface area contributed by atoms with Crippen LogP contribution in [0.1, 0.15) is 5.56 Å². The third kappa shape index (κ3) is 1.68. The fourth-order valence-corrected chi connectivity index (χ4v) is 0.902. The van der Waals surface area contributed by atoms with Gasteiger partial charge in [0, 0.05) is 0 Å². The first-order valence-corrected chi connectivity index (χ1v) is 3.11. The number of halogens is 2. The molecule has 49 valence electrons. The van der Waals surface area contributed by atoms with Gasteiger partial charge in [0.2, 0.25) is 0 Å². The van der Waals surface area contributed by atoms with Gasteiger partial charge in [0.05, 0.1) is 0 Å². The van der Waals surface area contributed by atoms with Gasteiger partial charge in [0.25, 0.3) is 0 Å². The number of rotatable bonds is 1. The molecule has 0 aliphatic carbocycles. The van der Waals surface area contributed by atoms with Crippen LogP contribution in [0.25, 0.3) is 0 Å². The summed E-state index contributed by atoms with van der Waals surface area (Å²) < 4.78 is 12.5. The Bertz CT molecular complexity index is 240. The Hall–Kier alpha value is -0.625. The third-order valence-electron chi connectivity index (χ3n) is 1.08. The molecular weight excluding hydrogens is 149 g/mol. The zero-order chi connectivity index (χ0) is 7.56. The van der Waals surface area contributed by atoms with E-state index >= 15 is 0 Å². The molecule has 1 rings (SSSR count). The summed E-state index contributed by atoms with van der Waals surface area (Å²) in [5, 5.41) is 0.358. The van der Waals surface area contributed by atoms with Crippen LogP contribution in [0.4, 0.5) is 4.39 Å². The monoisotopic (exact) mass is 153 g/mol. The minimum absolute atomic E-state index is 0.358. The van der Waals surface area contributed by atoms with E-state index in [4.69, 9.17) is 19.1 Å². The SMILES string of the molecule is [B]=Cc1cc(F)cc(Cl)c1. The Morgan fingerprint density at radius 3 is 2.60 bits per heavy atom. The molecule has 0 nitrogen and oxygen atoms in total. The average molecular weight is 153 g/mol. The Morgan fingerprint density at radius 2 is 2.10 bits per heavy atom. The number of benzene rings is 1. The van der Waals surface area contributed by atoms with E-state index in [9.17, 15) is 4.39 Å². The van der Waals surface area contributed by atoms with Crippen LogP contribution >= 0.6 is 11.6 Å². The summed E-state index contributed by atoms with van der Waals surface area (Å²) in [6.07, 6.45) is 0. The van der Waals surface area contributed by atoms with E-state index in [-0.39, 0.29) is 5.82 Å². The van der Waals surface area contributed by atoms with Crippen molar-refractivity contribution in [1.29, 1.82) is 0 Å². The molecule has 0 aliphatic rings. The predicted octanol–water partition coefficient (Wildman–Crippen LogP) is 1.80. The number of hydrogen-bond donors (Lipinski definition) is 0. The molecule has 0 bridgehead atoms. The first-order chi connectivity index (χ1) is 4.72. The average Bonchev–Trinajstić information content (AvgIpc) is 1.85. The van der Waals surface area contributed by atoms with Crippen LogP contribution in [0.15, 0.2) is 18.2 Å². The van der Waals surface area contributed by atoms with Crippen LogP contribution in [0.3, 0.4) is 0 Å². The van der Waals surface area contributed by atoms with E-state index in [1.165, 1.54) is 18.1 Å². The molecule has 0 spiro atoms. The van der Waals surface area contributed by atoms with Crippen LogP contribution in [0.2, 0.25) is 5.02 Å². The van der Waals surface area contributed by atoms with Gasteiger partial charge >= 0.3 is 64.0 Å². The Morgan fingerprint density at radius 1 is 1.40 bits per heavy atom. The zero-order valence-corrected chi connectivity index (χ0v) is 5.90. The molecular formula is C7H4BClF. The Balaban J connectivity index is 3.18. The van der Waals surface area contributed by atoms with E-state index in [0.29, 0.717) is 10.6 Å². The van der Waals surface area contributed by atoms with Crippen molar-refractivity contribution in [3.8, 4) is 0 Å². The fraction of sp³-hybridized carbons (Fsp3) is 0. The van der Waals surface area contributed by atoms with Crippen molar-refractivity contribution in [1.82, 2.24) is 0 Å². The van der Waals surface area contributed by atoms with E-state index in [0.717, 1.165) is 0 Å². The number of hydrogen-bond acceptors (Lipinski definition) is 0. The molecule has 1 aromatic carbocycles. The van der Waals surface area contributed by atoms with Crippen LogP contribution in [-0.2, 0) is 0 Å². The van der Waals surface area contributed by atoms with Crippen molar-refractivity contribution < 1.29 is 4.39 Å². The van der Waals surface area contributed by atoms with Gasteiger partial charge in [-0.25, -0.2) is 0 Å². The van der Waals surface area contributed by atoms with E-state index in [1.54, 1.807) is 6.07 Å². The molecule has 0 saturated heterocycles. The van der Waals surface area contributed by atoms with Crippen molar-refractivity contribution in [2.45, 2.75) is 0 Å². The molecule has 0 heterocycles. The fourth-order valence-electron chi connectivity index (χ4n) is 0.671.